The van der Waals surface area contributed by atoms with Gasteiger partial charge in [0.15, 0.2) is 0 Å². The van der Waals surface area contributed by atoms with Crippen LogP contribution in [0, 0.1) is 5.92 Å². The van der Waals surface area contributed by atoms with Crippen molar-refractivity contribution in [2.45, 2.75) is 51.6 Å². The molecule has 2 heterocycles. The molecular weight excluding hydrogens is 358 g/mol. The maximum absolute atomic E-state index is 13.2. The third kappa shape index (κ3) is 3.51. The Bertz CT molecular complexity index is 942. The molecule has 2 aromatic heterocycles. The highest BCUT2D eigenvalue weighted by atomic mass is 35.5. The van der Waals surface area contributed by atoms with E-state index in [1.165, 1.54) is 10.9 Å². The van der Waals surface area contributed by atoms with Crippen molar-refractivity contribution in [1.29, 1.82) is 0 Å². The van der Waals surface area contributed by atoms with E-state index in [9.17, 15) is 4.79 Å². The van der Waals surface area contributed by atoms with Crippen LogP contribution >= 0.6 is 11.6 Å². The molecule has 0 radical (unpaired) electrons. The largest absolute Gasteiger partial charge is 0.355 e. The van der Waals surface area contributed by atoms with Crippen molar-refractivity contribution in [1.82, 2.24) is 14.9 Å². The van der Waals surface area contributed by atoms with Crippen LogP contribution in [-0.2, 0) is 11.2 Å². The molecule has 1 amide bonds. The van der Waals surface area contributed by atoms with Gasteiger partial charge in [0.25, 0.3) is 0 Å². The van der Waals surface area contributed by atoms with Crippen molar-refractivity contribution in [2.75, 3.05) is 0 Å². The molecule has 1 aliphatic rings. The fourth-order valence-electron chi connectivity index (χ4n) is 4.23. The van der Waals surface area contributed by atoms with E-state index >= 15 is 0 Å². The zero-order valence-corrected chi connectivity index (χ0v) is 16.6. The van der Waals surface area contributed by atoms with E-state index in [-0.39, 0.29) is 18.0 Å². The molecular formula is C22H26ClN3O. The minimum absolute atomic E-state index is 0.00920. The summed E-state index contributed by atoms with van der Waals surface area (Å²) >= 11 is 6.38. The molecule has 4 nitrogen and oxygen atoms in total. The van der Waals surface area contributed by atoms with E-state index < -0.39 is 0 Å². The van der Waals surface area contributed by atoms with Gasteiger partial charge in [-0.2, -0.15) is 0 Å². The maximum atomic E-state index is 13.2. The van der Waals surface area contributed by atoms with Gasteiger partial charge in [0.2, 0.25) is 5.91 Å². The Morgan fingerprint density at radius 2 is 2.07 bits per heavy atom. The topological polar surface area (TPSA) is 49.8 Å². The molecule has 0 fully saturated rings. The summed E-state index contributed by atoms with van der Waals surface area (Å²) in [6.07, 6.45) is 7.80. The predicted octanol–water partition coefficient (Wildman–Crippen LogP) is 5.40. The number of nitrogens with one attached hydrogen (secondary N) is 2. The van der Waals surface area contributed by atoms with Gasteiger partial charge in [0.1, 0.15) is 6.04 Å². The zero-order valence-electron chi connectivity index (χ0n) is 15.8. The number of halogens is 1. The predicted molar refractivity (Wildman–Crippen MR) is 110 cm³/mol. The Kier molecular flexibility index (Phi) is 5.00. The van der Waals surface area contributed by atoms with Crippen molar-refractivity contribution in [3.05, 3.63) is 59.0 Å². The lowest BCUT2D eigenvalue weighted by atomic mass is 9.91. The van der Waals surface area contributed by atoms with Crippen molar-refractivity contribution < 1.29 is 4.79 Å². The molecule has 2 atom stereocenters. The minimum atomic E-state index is -0.182. The Labute approximate surface area is 164 Å². The quantitative estimate of drug-likeness (QED) is 0.608. The summed E-state index contributed by atoms with van der Waals surface area (Å²) in [4.78, 5) is 16.7. The van der Waals surface area contributed by atoms with Crippen molar-refractivity contribution >= 4 is 28.4 Å². The number of carbonyl (C=O) groups excluding carboxylic acids is 1. The number of nitrogens with zero attached hydrogens (tertiary/aromatic N) is 1. The molecule has 5 heteroatoms. The number of fused-ring (bicyclic) bond motifs is 3. The van der Waals surface area contributed by atoms with Crippen molar-refractivity contribution in [3.63, 3.8) is 0 Å². The first-order valence-corrected chi connectivity index (χ1v) is 10.1. The van der Waals surface area contributed by atoms with Crippen LogP contribution in [0.5, 0.6) is 0 Å². The standard InChI is InChI=1S/C22H26ClN3O/c1-14(2)13-19(26-11-3-4-12-26)22(27)24-18-10-6-8-16-15-7-5-9-17(23)20(15)25-21(16)18/h3-5,7,9,11-12,14,18-19,25H,6,8,10,13H2,1-2H3,(H,24,27)/t18?,19-/m1/s1. The molecule has 0 aliphatic heterocycles. The molecule has 1 aromatic carbocycles. The van der Waals surface area contributed by atoms with Crippen LogP contribution in [-0.4, -0.2) is 15.5 Å². The fraction of sp³-hybridized carbons (Fsp3) is 0.409. The number of hydrogen-bond acceptors (Lipinski definition) is 1. The van der Waals surface area contributed by atoms with E-state index in [4.69, 9.17) is 11.6 Å². The average Bonchev–Trinajstić information content (AvgIpc) is 3.28. The first-order chi connectivity index (χ1) is 13.0. The number of aromatic nitrogens is 2. The van der Waals surface area contributed by atoms with Crippen LogP contribution in [0.25, 0.3) is 10.9 Å². The van der Waals surface area contributed by atoms with Gasteiger partial charge in [-0.15, -0.1) is 0 Å². The highest BCUT2D eigenvalue weighted by molar-refractivity contribution is 6.35. The Morgan fingerprint density at radius 3 is 2.81 bits per heavy atom. The number of aromatic amines is 1. The fourth-order valence-corrected chi connectivity index (χ4v) is 4.45. The van der Waals surface area contributed by atoms with Crippen LogP contribution in [0.2, 0.25) is 5.02 Å². The minimum Gasteiger partial charge on any atom is -0.355 e. The normalized spacial score (nSPS) is 17.9. The molecule has 4 rings (SSSR count). The summed E-state index contributed by atoms with van der Waals surface area (Å²) in [5.41, 5.74) is 3.40. The third-order valence-corrected chi connectivity index (χ3v) is 5.81. The van der Waals surface area contributed by atoms with Gasteiger partial charge in [-0.1, -0.05) is 37.6 Å². The second-order valence-corrected chi connectivity index (χ2v) is 8.32. The molecule has 0 saturated heterocycles. The summed E-state index contributed by atoms with van der Waals surface area (Å²) in [7, 11) is 0. The number of hydrogen-bond donors (Lipinski definition) is 2. The second-order valence-electron chi connectivity index (χ2n) is 7.91. The van der Waals surface area contributed by atoms with E-state index in [1.807, 2.05) is 41.2 Å². The summed E-state index contributed by atoms with van der Waals surface area (Å²) in [5.74, 6) is 0.527. The molecule has 0 bridgehead atoms. The molecule has 0 saturated carbocycles. The van der Waals surface area contributed by atoms with E-state index in [2.05, 4.69) is 30.2 Å². The molecule has 27 heavy (non-hydrogen) atoms. The average molecular weight is 384 g/mol. The maximum Gasteiger partial charge on any atom is 0.243 e. The van der Waals surface area contributed by atoms with Gasteiger partial charge in [-0.3, -0.25) is 4.79 Å². The van der Waals surface area contributed by atoms with Crippen LogP contribution < -0.4 is 5.32 Å². The highest BCUT2D eigenvalue weighted by Crippen LogP contribution is 2.37. The SMILES string of the molecule is CC(C)C[C@H](C(=O)NC1CCCc2c1[nH]c1c(Cl)cccc21)n1cccc1. The van der Waals surface area contributed by atoms with E-state index in [1.54, 1.807) is 0 Å². The number of aryl methyl sites for hydroxylation is 1. The van der Waals surface area contributed by atoms with Crippen LogP contribution in [0.3, 0.4) is 0 Å². The second kappa shape index (κ2) is 7.43. The molecule has 3 aromatic rings. The number of rotatable bonds is 5. The first kappa shape index (κ1) is 18.2. The van der Waals surface area contributed by atoms with Crippen molar-refractivity contribution in [2.24, 2.45) is 5.92 Å². The number of H-pyrrole nitrogens is 1. The third-order valence-electron chi connectivity index (χ3n) is 5.49. The number of carbonyl (C=O) groups is 1. The van der Waals surface area contributed by atoms with Gasteiger partial charge in [0.05, 0.1) is 16.6 Å². The summed E-state index contributed by atoms with van der Waals surface area (Å²) in [5, 5.41) is 5.23. The number of para-hydroxylation sites is 1. The van der Waals surface area contributed by atoms with Gasteiger partial charge >= 0.3 is 0 Å². The van der Waals surface area contributed by atoms with E-state index in [0.29, 0.717) is 5.92 Å². The van der Waals surface area contributed by atoms with Crippen LogP contribution in [0.1, 0.15) is 56.5 Å². The number of benzene rings is 1. The lowest BCUT2D eigenvalue weighted by molar-refractivity contribution is -0.125. The van der Waals surface area contributed by atoms with Crippen LogP contribution in [0.4, 0.5) is 0 Å². The zero-order chi connectivity index (χ0) is 19.0. The van der Waals surface area contributed by atoms with Crippen molar-refractivity contribution in [3.8, 4) is 0 Å². The smallest absolute Gasteiger partial charge is 0.243 e. The van der Waals surface area contributed by atoms with Crippen LogP contribution in [0.15, 0.2) is 42.7 Å². The highest BCUT2D eigenvalue weighted by Gasteiger charge is 2.29. The Morgan fingerprint density at radius 1 is 1.30 bits per heavy atom. The monoisotopic (exact) mass is 383 g/mol. The van der Waals surface area contributed by atoms with Gasteiger partial charge < -0.3 is 14.9 Å². The lowest BCUT2D eigenvalue weighted by Crippen LogP contribution is -2.37. The molecule has 1 aliphatic carbocycles. The summed E-state index contributed by atoms with van der Waals surface area (Å²) in [6.45, 7) is 4.31. The molecule has 142 valence electrons. The Balaban J connectivity index is 1.62. The lowest BCUT2D eigenvalue weighted by Gasteiger charge is -2.27. The Hall–Kier alpha value is -2.20. The first-order valence-electron chi connectivity index (χ1n) is 9.76. The van der Waals surface area contributed by atoms with Gasteiger partial charge in [-0.05, 0) is 55.4 Å². The van der Waals surface area contributed by atoms with Gasteiger partial charge in [0, 0.05) is 23.5 Å². The molecule has 1 unspecified atom stereocenters. The summed E-state index contributed by atoms with van der Waals surface area (Å²) < 4.78 is 2.02. The van der Waals surface area contributed by atoms with E-state index in [0.717, 1.165) is 41.9 Å². The number of amides is 1. The van der Waals surface area contributed by atoms with Gasteiger partial charge in [-0.25, -0.2) is 0 Å². The molecule has 0 spiro atoms. The molecule has 2 N–H and O–H groups in total. The summed E-state index contributed by atoms with van der Waals surface area (Å²) in [6, 6.07) is 9.78.